The molecule has 0 aliphatic heterocycles. The molecule has 2 aliphatic rings. The molecule has 5 nitrogen and oxygen atoms in total. The van der Waals surface area contributed by atoms with Gasteiger partial charge in [-0.3, -0.25) is 4.79 Å². The molecule has 0 spiro atoms. The number of allylic oxidation sites excluding steroid dienone is 1. The van der Waals surface area contributed by atoms with Crippen molar-refractivity contribution in [2.75, 3.05) is 18.6 Å². The summed E-state index contributed by atoms with van der Waals surface area (Å²) in [6.07, 6.45) is 5.79. The van der Waals surface area contributed by atoms with Crippen molar-refractivity contribution < 1.29 is 19.4 Å². The lowest BCUT2D eigenvalue weighted by Gasteiger charge is -2.58. The highest BCUT2D eigenvalue weighted by Crippen LogP contribution is 2.64. The van der Waals surface area contributed by atoms with Crippen molar-refractivity contribution in [3.8, 4) is 0 Å². The number of alkyl carbamates (subject to hydrolysis) is 1. The van der Waals surface area contributed by atoms with Gasteiger partial charge in [0.1, 0.15) is 5.60 Å². The lowest BCUT2D eigenvalue weighted by molar-refractivity contribution is -0.167. The van der Waals surface area contributed by atoms with Crippen LogP contribution in [0, 0.1) is 28.6 Å². The largest absolute Gasteiger partial charge is 0.481 e. The minimum atomic E-state index is -0.779. The molecule has 2 N–H and O–H groups in total. The topological polar surface area (TPSA) is 75.6 Å². The van der Waals surface area contributed by atoms with Crippen molar-refractivity contribution in [1.29, 1.82) is 0 Å². The summed E-state index contributed by atoms with van der Waals surface area (Å²) in [4.78, 5) is 24.5. The first-order valence-corrected chi connectivity index (χ1v) is 11.1. The van der Waals surface area contributed by atoms with E-state index in [-0.39, 0.29) is 5.92 Å². The van der Waals surface area contributed by atoms with E-state index in [1.165, 1.54) is 5.57 Å². The number of fused-ring (bicyclic) bond motifs is 1. The molecule has 1 amide bonds. The summed E-state index contributed by atoms with van der Waals surface area (Å²) in [7, 11) is 0. The molecule has 1 fully saturated rings. The summed E-state index contributed by atoms with van der Waals surface area (Å²) in [5, 5.41) is 13.0. The van der Waals surface area contributed by atoms with Gasteiger partial charge in [-0.2, -0.15) is 11.8 Å². The number of thioether (sulfide) groups is 1. The molecule has 0 heterocycles. The van der Waals surface area contributed by atoms with Crippen LogP contribution in [0.1, 0.15) is 54.4 Å². The summed E-state index contributed by atoms with van der Waals surface area (Å²) < 4.78 is 5.38. The Balaban J connectivity index is 2.28. The molecular weight excluding hydrogens is 362 g/mol. The maximum Gasteiger partial charge on any atom is 0.407 e. The third kappa shape index (κ3) is 4.82. The number of rotatable bonds is 6. The minimum Gasteiger partial charge on any atom is -0.481 e. The Morgan fingerprint density at radius 1 is 1.33 bits per heavy atom. The second-order valence-corrected chi connectivity index (χ2v) is 11.0. The Bertz CT molecular complexity index is 617. The van der Waals surface area contributed by atoms with Crippen LogP contribution in [-0.4, -0.2) is 41.3 Å². The van der Waals surface area contributed by atoms with Crippen LogP contribution in [-0.2, 0) is 9.53 Å². The van der Waals surface area contributed by atoms with Crippen LogP contribution in [0.3, 0.4) is 0 Å². The maximum absolute atomic E-state index is 12.3. The molecule has 0 saturated heterocycles. The third-order valence-corrected chi connectivity index (χ3v) is 6.39. The Kier molecular flexibility index (Phi) is 6.30. The van der Waals surface area contributed by atoms with Crippen LogP contribution in [0.5, 0.6) is 0 Å². The average Bonchev–Trinajstić information content (AvgIpc) is 2.78. The van der Waals surface area contributed by atoms with Gasteiger partial charge in [0.25, 0.3) is 0 Å². The molecule has 0 bridgehead atoms. The standard InChI is InChI=1S/C21H35NO4S/c1-19(2,3)16(17(23)24)21(12-22-18(25)26-20(4,5)6)10-14-8-13(11-27-7)9-15(14)21/h9,14-16H,8,10-12H2,1-7H3,(H,22,25)(H,23,24)/t14-,15-,16?,21-/m0/s1. The SMILES string of the molecule is CSCC1=C[C@H]2[C@@H](C1)C[C@@]2(CNC(=O)OC(C)(C)C)C(C(=O)O)C(C)(C)C. The van der Waals surface area contributed by atoms with Gasteiger partial charge in [-0.25, -0.2) is 4.79 Å². The van der Waals surface area contributed by atoms with Crippen molar-refractivity contribution >= 4 is 23.8 Å². The molecule has 4 atom stereocenters. The van der Waals surface area contributed by atoms with Crippen LogP contribution in [0.25, 0.3) is 0 Å². The monoisotopic (exact) mass is 397 g/mol. The Morgan fingerprint density at radius 2 is 1.96 bits per heavy atom. The van der Waals surface area contributed by atoms with Gasteiger partial charge < -0.3 is 15.2 Å². The van der Waals surface area contributed by atoms with Crippen LogP contribution in [0.15, 0.2) is 11.6 Å². The van der Waals surface area contributed by atoms with E-state index in [0.29, 0.717) is 12.5 Å². The van der Waals surface area contributed by atoms with E-state index in [1.807, 2.05) is 41.5 Å². The molecule has 154 valence electrons. The first-order chi connectivity index (χ1) is 12.3. The smallest absolute Gasteiger partial charge is 0.407 e. The van der Waals surface area contributed by atoms with Gasteiger partial charge in [0.2, 0.25) is 0 Å². The van der Waals surface area contributed by atoms with Crippen LogP contribution < -0.4 is 5.32 Å². The van der Waals surface area contributed by atoms with E-state index in [4.69, 9.17) is 4.74 Å². The van der Waals surface area contributed by atoms with Crippen molar-refractivity contribution in [2.24, 2.45) is 28.6 Å². The van der Waals surface area contributed by atoms with Gasteiger partial charge in [0.05, 0.1) is 5.92 Å². The molecular formula is C21H35NO4S. The molecule has 6 heteroatoms. The van der Waals surface area contributed by atoms with Crippen LogP contribution >= 0.6 is 11.8 Å². The van der Waals surface area contributed by atoms with E-state index in [1.54, 1.807) is 11.8 Å². The number of hydrogen-bond donors (Lipinski definition) is 2. The zero-order valence-electron chi connectivity index (χ0n) is 17.7. The molecule has 27 heavy (non-hydrogen) atoms. The first kappa shape index (κ1) is 22.1. The number of hydrogen-bond acceptors (Lipinski definition) is 4. The molecule has 1 saturated carbocycles. The highest BCUT2D eigenvalue weighted by molar-refractivity contribution is 7.98. The van der Waals surface area contributed by atoms with Gasteiger partial charge in [-0.15, -0.1) is 0 Å². The molecule has 2 rings (SSSR count). The predicted molar refractivity (Wildman–Crippen MR) is 110 cm³/mol. The predicted octanol–water partition coefficient (Wildman–Crippen LogP) is 4.57. The second-order valence-electron chi connectivity index (χ2n) is 10.2. The zero-order valence-corrected chi connectivity index (χ0v) is 18.5. The number of nitrogens with one attached hydrogen (secondary N) is 1. The molecule has 1 unspecified atom stereocenters. The number of carbonyl (C=O) groups is 2. The normalized spacial score (nSPS) is 28.6. The van der Waals surface area contributed by atoms with Crippen LogP contribution in [0.4, 0.5) is 4.79 Å². The van der Waals surface area contributed by atoms with E-state index in [9.17, 15) is 14.7 Å². The van der Waals surface area contributed by atoms with Gasteiger partial charge in [0, 0.05) is 17.7 Å². The number of aliphatic carboxylic acids is 1. The van der Waals surface area contributed by atoms with Gasteiger partial charge in [0.15, 0.2) is 0 Å². The number of ether oxygens (including phenoxy) is 1. The van der Waals surface area contributed by atoms with Crippen LogP contribution in [0.2, 0.25) is 0 Å². The number of amides is 1. The molecule has 0 aromatic heterocycles. The molecule has 0 radical (unpaired) electrons. The van der Waals surface area contributed by atoms with Crippen molar-refractivity contribution in [3.05, 3.63) is 11.6 Å². The lowest BCUT2D eigenvalue weighted by atomic mass is 9.46. The van der Waals surface area contributed by atoms with Crippen molar-refractivity contribution in [1.82, 2.24) is 5.32 Å². The van der Waals surface area contributed by atoms with Crippen molar-refractivity contribution in [2.45, 2.75) is 60.0 Å². The quantitative estimate of drug-likeness (QED) is 0.642. The fourth-order valence-corrected chi connectivity index (χ4v) is 5.73. The fraction of sp³-hybridized carbons (Fsp3) is 0.810. The highest BCUT2D eigenvalue weighted by Gasteiger charge is 2.63. The first-order valence-electron chi connectivity index (χ1n) is 9.68. The fourth-order valence-electron chi connectivity index (χ4n) is 5.14. The maximum atomic E-state index is 12.3. The Hall–Kier alpha value is -1.17. The lowest BCUT2D eigenvalue weighted by Crippen LogP contribution is -2.61. The summed E-state index contributed by atoms with van der Waals surface area (Å²) in [6.45, 7) is 11.8. The van der Waals surface area contributed by atoms with Gasteiger partial charge in [-0.1, -0.05) is 32.4 Å². The molecule has 2 aliphatic carbocycles. The summed E-state index contributed by atoms with van der Waals surface area (Å²) in [5.41, 5.74) is -0.0300. The summed E-state index contributed by atoms with van der Waals surface area (Å²) >= 11 is 1.80. The number of carboxylic acid groups (broad SMARTS) is 1. The van der Waals surface area contributed by atoms with E-state index < -0.39 is 34.4 Å². The summed E-state index contributed by atoms with van der Waals surface area (Å²) in [6, 6.07) is 0. The van der Waals surface area contributed by atoms with E-state index in [0.717, 1.165) is 18.6 Å². The highest BCUT2D eigenvalue weighted by atomic mass is 32.2. The number of carbonyl (C=O) groups excluding carboxylic acids is 1. The summed E-state index contributed by atoms with van der Waals surface area (Å²) in [5.74, 6) is 0.381. The van der Waals surface area contributed by atoms with E-state index >= 15 is 0 Å². The minimum absolute atomic E-state index is 0.204. The second kappa shape index (κ2) is 7.69. The number of carboxylic acids is 1. The third-order valence-electron chi connectivity index (χ3n) is 5.73. The van der Waals surface area contributed by atoms with Crippen molar-refractivity contribution in [3.63, 3.8) is 0 Å². The Labute approximate surface area is 167 Å². The Morgan fingerprint density at radius 3 is 2.44 bits per heavy atom. The van der Waals surface area contributed by atoms with Gasteiger partial charge >= 0.3 is 12.1 Å². The average molecular weight is 398 g/mol. The molecule has 0 aromatic rings. The zero-order chi connectivity index (χ0) is 20.6. The van der Waals surface area contributed by atoms with Gasteiger partial charge in [-0.05, 0) is 57.1 Å². The van der Waals surface area contributed by atoms with E-state index in [2.05, 4.69) is 17.6 Å². The molecule has 0 aromatic carbocycles.